The summed E-state index contributed by atoms with van der Waals surface area (Å²) in [6.07, 6.45) is 1.46. The number of nitrogens with one attached hydrogen (secondary N) is 2. The molecule has 8 nitrogen and oxygen atoms in total. The third-order valence-electron chi connectivity index (χ3n) is 9.03. The highest BCUT2D eigenvalue weighted by Gasteiger charge is 2.59. The van der Waals surface area contributed by atoms with E-state index in [1.807, 2.05) is 20.8 Å². The van der Waals surface area contributed by atoms with Crippen molar-refractivity contribution >= 4 is 28.3 Å². The van der Waals surface area contributed by atoms with Gasteiger partial charge in [-0.3, -0.25) is 14.9 Å². The van der Waals surface area contributed by atoms with E-state index in [4.69, 9.17) is 0 Å². The standard InChI is InChI=1S/C29H39F2N3O5S/c1-15(2)10-16(13-35)32-23(38)11-17-25-20(12-21-28(17,3)9-8-22(37)29(21,4)14-36)40-27(33-25)34-26(39)24-18(30)6-5-7-19(24)31/h5-7,15-17,21-22,35-37H,8-14H2,1-4H3,(H,32,38)(H,33,34,39). The highest BCUT2D eigenvalue weighted by atomic mass is 32.1. The van der Waals surface area contributed by atoms with Crippen molar-refractivity contribution in [3.05, 3.63) is 46.0 Å². The third kappa shape index (κ3) is 5.66. The SMILES string of the molecule is CC(C)CC(CO)NC(=O)CC1c2nc(NC(=O)c3c(F)cccc3F)sc2CC2C(C)(CO)C(O)CCC12C. The zero-order valence-corrected chi connectivity index (χ0v) is 24.2. The van der Waals surface area contributed by atoms with Gasteiger partial charge in [0.05, 0.1) is 31.1 Å². The summed E-state index contributed by atoms with van der Waals surface area (Å²) < 4.78 is 28.5. The molecule has 1 heterocycles. The largest absolute Gasteiger partial charge is 0.396 e. The van der Waals surface area contributed by atoms with E-state index in [1.54, 1.807) is 0 Å². The zero-order valence-electron chi connectivity index (χ0n) is 23.3. The first-order chi connectivity index (χ1) is 18.8. The number of aliphatic hydroxyl groups is 3. The van der Waals surface area contributed by atoms with Crippen molar-refractivity contribution < 1.29 is 33.7 Å². The molecule has 11 heteroatoms. The Morgan fingerprint density at radius 2 is 1.88 bits per heavy atom. The van der Waals surface area contributed by atoms with Crippen molar-refractivity contribution in [3.8, 4) is 0 Å². The molecule has 1 aromatic heterocycles. The molecule has 2 aliphatic rings. The Kier molecular flexibility index (Phi) is 8.99. The molecular formula is C29H39F2N3O5S. The number of hydrogen-bond donors (Lipinski definition) is 5. The van der Waals surface area contributed by atoms with Gasteiger partial charge in [-0.25, -0.2) is 13.8 Å². The Morgan fingerprint density at radius 1 is 1.20 bits per heavy atom. The summed E-state index contributed by atoms with van der Waals surface area (Å²) in [7, 11) is 0. The summed E-state index contributed by atoms with van der Waals surface area (Å²) in [5.41, 5.74) is -1.41. The first kappa shape index (κ1) is 30.5. The molecule has 1 saturated carbocycles. The summed E-state index contributed by atoms with van der Waals surface area (Å²) in [5.74, 6) is -3.52. The van der Waals surface area contributed by atoms with E-state index >= 15 is 0 Å². The lowest BCUT2D eigenvalue weighted by atomic mass is 9.47. The molecule has 40 heavy (non-hydrogen) atoms. The number of hydrogen-bond acceptors (Lipinski definition) is 7. The predicted molar refractivity (Wildman–Crippen MR) is 148 cm³/mol. The van der Waals surface area contributed by atoms with Crippen LogP contribution in [0.3, 0.4) is 0 Å². The van der Waals surface area contributed by atoms with Crippen LogP contribution in [-0.4, -0.2) is 57.5 Å². The van der Waals surface area contributed by atoms with Crippen molar-refractivity contribution in [2.75, 3.05) is 18.5 Å². The third-order valence-corrected chi connectivity index (χ3v) is 10.0. The van der Waals surface area contributed by atoms with Gasteiger partial charge >= 0.3 is 0 Å². The van der Waals surface area contributed by atoms with Gasteiger partial charge < -0.3 is 20.6 Å². The van der Waals surface area contributed by atoms with Crippen LogP contribution in [0.5, 0.6) is 0 Å². The van der Waals surface area contributed by atoms with E-state index in [0.717, 1.165) is 17.0 Å². The molecule has 0 radical (unpaired) electrons. The fraction of sp³-hybridized carbons (Fsp3) is 0.621. The average Bonchev–Trinajstić information content (AvgIpc) is 3.28. The minimum Gasteiger partial charge on any atom is -0.396 e. The van der Waals surface area contributed by atoms with Gasteiger partial charge in [0.15, 0.2) is 5.13 Å². The first-order valence-corrected chi connectivity index (χ1v) is 14.6. The van der Waals surface area contributed by atoms with E-state index in [1.165, 1.54) is 17.4 Å². The van der Waals surface area contributed by atoms with Crippen LogP contribution in [0.15, 0.2) is 18.2 Å². The molecule has 220 valence electrons. The number of fused-ring (bicyclic) bond motifs is 2. The number of aliphatic hydroxyl groups excluding tert-OH is 3. The molecule has 0 bridgehead atoms. The average molecular weight is 580 g/mol. The Labute approximate surface area is 237 Å². The van der Waals surface area contributed by atoms with Crippen molar-refractivity contribution in [1.82, 2.24) is 10.3 Å². The number of halogens is 2. The van der Waals surface area contributed by atoms with Gasteiger partial charge in [0.1, 0.15) is 17.2 Å². The second kappa shape index (κ2) is 11.8. The fourth-order valence-corrected chi connectivity index (χ4v) is 7.86. The van der Waals surface area contributed by atoms with Gasteiger partial charge in [0, 0.05) is 22.6 Å². The summed E-state index contributed by atoms with van der Waals surface area (Å²) in [5, 5.41) is 36.8. The monoisotopic (exact) mass is 579 g/mol. The number of carbonyl (C=O) groups excluding carboxylic acids is 2. The summed E-state index contributed by atoms with van der Waals surface area (Å²) in [4.78, 5) is 31.6. The molecule has 2 amide bonds. The maximum atomic E-state index is 14.2. The number of rotatable bonds is 9. The second-order valence-corrected chi connectivity index (χ2v) is 13.3. The number of thiazole rings is 1. The summed E-state index contributed by atoms with van der Waals surface area (Å²) in [6, 6.07) is 2.79. The predicted octanol–water partition coefficient (Wildman–Crippen LogP) is 4.00. The molecule has 1 aromatic carbocycles. The Balaban J connectivity index is 1.70. The van der Waals surface area contributed by atoms with Gasteiger partial charge in [-0.2, -0.15) is 0 Å². The maximum Gasteiger partial charge on any atom is 0.263 e. The van der Waals surface area contributed by atoms with Crippen molar-refractivity contribution in [3.63, 3.8) is 0 Å². The van der Waals surface area contributed by atoms with Crippen LogP contribution in [0, 0.1) is 34.3 Å². The molecular weight excluding hydrogens is 540 g/mol. The summed E-state index contributed by atoms with van der Waals surface area (Å²) >= 11 is 1.17. The van der Waals surface area contributed by atoms with Gasteiger partial charge in [-0.05, 0) is 55.1 Å². The molecule has 0 saturated heterocycles. The fourth-order valence-electron chi connectivity index (χ4n) is 6.79. The smallest absolute Gasteiger partial charge is 0.263 e. The number of carbonyl (C=O) groups is 2. The molecule has 5 N–H and O–H groups in total. The van der Waals surface area contributed by atoms with E-state index in [2.05, 4.69) is 22.5 Å². The van der Waals surface area contributed by atoms with E-state index in [-0.39, 0.29) is 42.5 Å². The Hall–Kier alpha value is -2.47. The molecule has 4 rings (SSSR count). The summed E-state index contributed by atoms with van der Waals surface area (Å²) in [6.45, 7) is 7.51. The molecule has 2 aliphatic carbocycles. The first-order valence-electron chi connectivity index (χ1n) is 13.8. The lowest BCUT2D eigenvalue weighted by Crippen LogP contribution is -2.58. The molecule has 6 unspecified atom stereocenters. The Bertz CT molecular complexity index is 1240. The molecule has 1 fully saturated rings. The van der Waals surface area contributed by atoms with Crippen LogP contribution in [0.4, 0.5) is 13.9 Å². The maximum absolute atomic E-state index is 14.2. The molecule has 2 aromatic rings. The number of benzene rings is 1. The van der Waals surface area contributed by atoms with Gasteiger partial charge in [0.25, 0.3) is 5.91 Å². The van der Waals surface area contributed by atoms with Crippen LogP contribution in [-0.2, 0) is 11.2 Å². The topological polar surface area (TPSA) is 132 Å². The highest BCUT2D eigenvalue weighted by Crippen LogP contribution is 2.62. The van der Waals surface area contributed by atoms with E-state index in [0.29, 0.717) is 31.4 Å². The number of anilines is 1. The van der Waals surface area contributed by atoms with Crippen LogP contribution in [0.25, 0.3) is 0 Å². The lowest BCUT2D eigenvalue weighted by molar-refractivity contribution is -0.144. The van der Waals surface area contributed by atoms with E-state index < -0.39 is 52.0 Å². The van der Waals surface area contributed by atoms with Crippen molar-refractivity contribution in [1.29, 1.82) is 0 Å². The number of aromatic nitrogens is 1. The number of amides is 2. The van der Waals surface area contributed by atoms with Crippen LogP contribution < -0.4 is 10.6 Å². The van der Waals surface area contributed by atoms with E-state index in [9.17, 15) is 33.7 Å². The van der Waals surface area contributed by atoms with Crippen molar-refractivity contribution in [2.45, 2.75) is 77.9 Å². The number of nitrogens with zero attached hydrogens (tertiary/aromatic N) is 1. The highest BCUT2D eigenvalue weighted by molar-refractivity contribution is 7.15. The molecule has 0 aliphatic heterocycles. The lowest BCUT2D eigenvalue weighted by Gasteiger charge is -2.58. The van der Waals surface area contributed by atoms with Crippen molar-refractivity contribution in [2.24, 2.45) is 22.7 Å². The second-order valence-electron chi connectivity index (χ2n) is 12.2. The van der Waals surface area contributed by atoms with Crippen LogP contribution >= 0.6 is 11.3 Å². The van der Waals surface area contributed by atoms with Crippen LogP contribution in [0.1, 0.15) is 80.2 Å². The van der Waals surface area contributed by atoms with Gasteiger partial charge in [-0.15, -0.1) is 11.3 Å². The van der Waals surface area contributed by atoms with Gasteiger partial charge in [-0.1, -0.05) is 33.8 Å². The van der Waals surface area contributed by atoms with Gasteiger partial charge in [0.2, 0.25) is 5.91 Å². The normalized spacial score (nSPS) is 28.5. The minimum absolute atomic E-state index is 0.0608. The zero-order chi connectivity index (χ0) is 29.4. The quantitative estimate of drug-likeness (QED) is 0.305. The van der Waals surface area contributed by atoms with Crippen LogP contribution in [0.2, 0.25) is 0 Å². The molecule has 6 atom stereocenters. The molecule has 0 spiro atoms. The minimum atomic E-state index is -0.987. The Morgan fingerprint density at radius 3 is 2.48 bits per heavy atom.